The van der Waals surface area contributed by atoms with Gasteiger partial charge >= 0.3 is 8.56 Å². The maximum atomic E-state index is 6.31. The Labute approximate surface area is 117 Å². The highest BCUT2D eigenvalue weighted by Crippen LogP contribution is 2.47. The fraction of sp³-hybridized carbons (Fsp3) is 0.500. The van der Waals surface area contributed by atoms with Gasteiger partial charge in [-0.3, -0.25) is 0 Å². The quantitative estimate of drug-likeness (QED) is 0.674. The molecule has 0 aromatic carbocycles. The zero-order chi connectivity index (χ0) is 13.9. The summed E-state index contributed by atoms with van der Waals surface area (Å²) in [4.78, 5) is 0. The van der Waals surface area contributed by atoms with E-state index in [1.54, 1.807) is 0 Å². The Morgan fingerprint density at radius 1 is 0.895 bits per heavy atom. The van der Waals surface area contributed by atoms with Crippen molar-refractivity contribution in [1.29, 1.82) is 0 Å². The average Bonchev–Trinajstić information content (AvgIpc) is 2.98. The third-order valence-corrected chi connectivity index (χ3v) is 8.42. The molecule has 0 N–H and O–H groups in total. The molecule has 19 heavy (non-hydrogen) atoms. The van der Waals surface area contributed by atoms with Crippen LogP contribution in [0.25, 0.3) is 0 Å². The highest BCUT2D eigenvalue weighted by atomic mass is 28.4. The van der Waals surface area contributed by atoms with Crippen LogP contribution in [0.2, 0.25) is 11.1 Å². The fourth-order valence-electron chi connectivity index (χ4n) is 3.10. The molecule has 3 heteroatoms. The van der Waals surface area contributed by atoms with E-state index in [0.717, 1.165) is 0 Å². The van der Waals surface area contributed by atoms with Crippen LogP contribution in [0.1, 0.15) is 27.7 Å². The standard InChI is InChI=1S/C16H24O2Si/c1-5-17-19(18-6-2,15-11-7-9-13(15)3)16-12-8-10-14(16)4/h7-12,15-16H,5-6H2,1-4H3. The Kier molecular flexibility index (Phi) is 4.61. The van der Waals surface area contributed by atoms with Crippen molar-refractivity contribution in [2.75, 3.05) is 13.2 Å². The monoisotopic (exact) mass is 276 g/mol. The Bertz CT molecular complexity index is 404. The van der Waals surface area contributed by atoms with E-state index in [1.165, 1.54) is 11.1 Å². The van der Waals surface area contributed by atoms with Crippen LogP contribution in [0.15, 0.2) is 47.6 Å². The lowest BCUT2D eigenvalue weighted by atomic mass is 10.2. The van der Waals surface area contributed by atoms with Gasteiger partial charge in [-0.2, -0.15) is 0 Å². The van der Waals surface area contributed by atoms with Gasteiger partial charge in [0.25, 0.3) is 0 Å². The minimum absolute atomic E-state index is 0.323. The molecule has 2 nitrogen and oxygen atoms in total. The number of hydrogen-bond donors (Lipinski definition) is 0. The lowest BCUT2D eigenvalue weighted by molar-refractivity contribution is 0.176. The Morgan fingerprint density at radius 3 is 1.58 bits per heavy atom. The molecule has 2 atom stereocenters. The van der Waals surface area contributed by atoms with Crippen LogP contribution in [-0.2, 0) is 8.85 Å². The molecule has 0 aliphatic heterocycles. The number of allylic oxidation sites excluding steroid dienone is 8. The van der Waals surface area contributed by atoms with Crippen LogP contribution in [0, 0.1) is 0 Å². The molecule has 104 valence electrons. The predicted molar refractivity (Wildman–Crippen MR) is 82.3 cm³/mol. The summed E-state index contributed by atoms with van der Waals surface area (Å²) in [7, 11) is -2.37. The summed E-state index contributed by atoms with van der Waals surface area (Å²) in [6.45, 7) is 9.92. The van der Waals surface area contributed by atoms with Crippen molar-refractivity contribution in [1.82, 2.24) is 0 Å². The number of hydrogen-bond acceptors (Lipinski definition) is 2. The summed E-state index contributed by atoms with van der Waals surface area (Å²) < 4.78 is 12.6. The molecule has 0 aromatic rings. The van der Waals surface area contributed by atoms with E-state index in [1.807, 2.05) is 0 Å². The maximum absolute atomic E-state index is 6.31. The third kappa shape index (κ3) is 2.55. The largest absolute Gasteiger partial charge is 0.393 e. The van der Waals surface area contributed by atoms with Gasteiger partial charge in [0.05, 0.1) is 0 Å². The molecular formula is C16H24O2Si. The van der Waals surface area contributed by atoms with Crippen LogP contribution in [0.4, 0.5) is 0 Å². The van der Waals surface area contributed by atoms with E-state index in [2.05, 4.69) is 64.2 Å². The van der Waals surface area contributed by atoms with Gasteiger partial charge in [-0.1, -0.05) is 47.6 Å². The molecule has 2 aliphatic rings. The van der Waals surface area contributed by atoms with Crippen molar-refractivity contribution in [3.8, 4) is 0 Å². The van der Waals surface area contributed by atoms with Crippen molar-refractivity contribution in [3.05, 3.63) is 47.6 Å². The van der Waals surface area contributed by atoms with Crippen LogP contribution in [0.5, 0.6) is 0 Å². The summed E-state index contributed by atoms with van der Waals surface area (Å²) in [5.41, 5.74) is 3.37. The van der Waals surface area contributed by atoms with Crippen molar-refractivity contribution < 1.29 is 8.85 Å². The number of rotatable bonds is 6. The summed E-state index contributed by atoms with van der Waals surface area (Å²) >= 11 is 0. The van der Waals surface area contributed by atoms with E-state index in [-0.39, 0.29) is 0 Å². The molecule has 0 saturated carbocycles. The summed E-state index contributed by atoms with van der Waals surface area (Å²) in [5.74, 6) is 0. The highest BCUT2D eigenvalue weighted by Gasteiger charge is 2.52. The minimum atomic E-state index is -2.37. The van der Waals surface area contributed by atoms with Crippen molar-refractivity contribution in [3.63, 3.8) is 0 Å². The second kappa shape index (κ2) is 6.03. The molecule has 2 unspecified atom stereocenters. The van der Waals surface area contributed by atoms with E-state index in [9.17, 15) is 0 Å². The van der Waals surface area contributed by atoms with E-state index in [4.69, 9.17) is 8.85 Å². The molecule has 0 spiro atoms. The van der Waals surface area contributed by atoms with Gasteiger partial charge < -0.3 is 8.85 Å². The van der Waals surface area contributed by atoms with Crippen molar-refractivity contribution in [2.45, 2.75) is 38.8 Å². The smallest absolute Gasteiger partial charge is 0.360 e. The Balaban J connectivity index is 2.41. The highest BCUT2D eigenvalue weighted by molar-refractivity contribution is 6.73. The van der Waals surface area contributed by atoms with Gasteiger partial charge in [0.1, 0.15) is 0 Å². The molecule has 0 fully saturated rings. The van der Waals surface area contributed by atoms with Gasteiger partial charge in [0.15, 0.2) is 0 Å². The van der Waals surface area contributed by atoms with Gasteiger partial charge in [-0.25, -0.2) is 0 Å². The molecule has 0 heterocycles. The second-order valence-corrected chi connectivity index (χ2v) is 8.40. The van der Waals surface area contributed by atoms with Gasteiger partial charge in [-0.15, -0.1) is 0 Å². The van der Waals surface area contributed by atoms with Crippen LogP contribution < -0.4 is 0 Å². The molecule has 0 radical (unpaired) electrons. The molecule has 0 aromatic heterocycles. The molecule has 0 amide bonds. The molecular weight excluding hydrogens is 252 g/mol. The van der Waals surface area contributed by atoms with Crippen molar-refractivity contribution in [2.24, 2.45) is 0 Å². The van der Waals surface area contributed by atoms with Crippen LogP contribution in [0.3, 0.4) is 0 Å². The lowest BCUT2D eigenvalue weighted by Crippen LogP contribution is -2.50. The lowest BCUT2D eigenvalue weighted by Gasteiger charge is -2.39. The zero-order valence-corrected chi connectivity index (χ0v) is 13.3. The van der Waals surface area contributed by atoms with E-state index in [0.29, 0.717) is 24.3 Å². The first-order valence-electron chi connectivity index (χ1n) is 7.13. The van der Waals surface area contributed by atoms with Gasteiger partial charge in [-0.05, 0) is 27.7 Å². The van der Waals surface area contributed by atoms with E-state index >= 15 is 0 Å². The van der Waals surface area contributed by atoms with Crippen LogP contribution >= 0.6 is 0 Å². The molecule has 0 saturated heterocycles. The van der Waals surface area contributed by atoms with Crippen LogP contribution in [-0.4, -0.2) is 21.8 Å². The molecule has 0 bridgehead atoms. The second-order valence-electron chi connectivity index (χ2n) is 5.13. The SMILES string of the molecule is CCO[Si](OCC)(C1C=CC=C1C)C1C=CC=C1C. The average molecular weight is 276 g/mol. The zero-order valence-electron chi connectivity index (χ0n) is 12.3. The predicted octanol–water partition coefficient (Wildman–Crippen LogP) is 4.27. The summed E-state index contributed by atoms with van der Waals surface area (Å²) in [5, 5.41) is 0. The summed E-state index contributed by atoms with van der Waals surface area (Å²) in [6.07, 6.45) is 13.2. The first-order valence-corrected chi connectivity index (χ1v) is 9.10. The first kappa shape index (κ1) is 14.5. The minimum Gasteiger partial charge on any atom is -0.393 e. The van der Waals surface area contributed by atoms with Gasteiger partial charge in [0, 0.05) is 24.3 Å². The van der Waals surface area contributed by atoms with E-state index < -0.39 is 8.56 Å². The first-order chi connectivity index (χ1) is 9.15. The summed E-state index contributed by atoms with van der Waals surface area (Å²) in [6, 6.07) is 0. The maximum Gasteiger partial charge on any atom is 0.360 e. The topological polar surface area (TPSA) is 18.5 Å². The fourth-order valence-corrected chi connectivity index (χ4v) is 7.41. The Morgan fingerprint density at radius 2 is 1.32 bits per heavy atom. The van der Waals surface area contributed by atoms with Crippen molar-refractivity contribution >= 4 is 8.56 Å². The Hall–Kier alpha value is -0.903. The molecule has 2 rings (SSSR count). The third-order valence-electron chi connectivity index (χ3n) is 3.91. The van der Waals surface area contributed by atoms with Gasteiger partial charge in [0.2, 0.25) is 0 Å². The normalized spacial score (nSPS) is 25.9. The molecule has 2 aliphatic carbocycles.